The first kappa shape index (κ1) is 13.6. The number of hydrogen-bond acceptors (Lipinski definition) is 1. The van der Waals surface area contributed by atoms with Gasteiger partial charge in [-0.15, -0.1) is 0 Å². The molecule has 0 heterocycles. The van der Waals surface area contributed by atoms with Gasteiger partial charge in [-0.1, -0.05) is 48.5 Å². The standard InChI is InChI=1S/C18H15IO/c1-12-6-7-13-4-2-3-5-16(13)17(12)18(20)14-8-10-15(19)11-9-14/h2-11,18,20H,1H3. The van der Waals surface area contributed by atoms with Gasteiger partial charge in [0.1, 0.15) is 6.10 Å². The number of halogens is 1. The van der Waals surface area contributed by atoms with E-state index >= 15 is 0 Å². The number of benzene rings is 3. The van der Waals surface area contributed by atoms with Crippen molar-refractivity contribution in [1.29, 1.82) is 0 Å². The normalized spacial score (nSPS) is 12.6. The van der Waals surface area contributed by atoms with Crippen LogP contribution in [0, 0.1) is 10.5 Å². The molecule has 0 spiro atoms. The quantitative estimate of drug-likeness (QED) is 0.637. The fourth-order valence-corrected chi connectivity index (χ4v) is 2.94. The van der Waals surface area contributed by atoms with Crippen molar-refractivity contribution in [2.24, 2.45) is 0 Å². The van der Waals surface area contributed by atoms with Gasteiger partial charge in [0, 0.05) is 3.57 Å². The molecule has 1 nitrogen and oxygen atoms in total. The van der Waals surface area contributed by atoms with Crippen LogP contribution in [0.25, 0.3) is 10.8 Å². The maximum absolute atomic E-state index is 10.8. The second kappa shape index (κ2) is 5.54. The third-order valence-corrected chi connectivity index (χ3v) is 4.37. The molecule has 0 saturated heterocycles. The highest BCUT2D eigenvalue weighted by Gasteiger charge is 2.15. The lowest BCUT2D eigenvalue weighted by Gasteiger charge is -2.17. The highest BCUT2D eigenvalue weighted by molar-refractivity contribution is 14.1. The molecular weight excluding hydrogens is 359 g/mol. The van der Waals surface area contributed by atoms with Crippen LogP contribution in [0.3, 0.4) is 0 Å². The molecule has 100 valence electrons. The first-order valence-corrected chi connectivity index (χ1v) is 7.66. The van der Waals surface area contributed by atoms with E-state index in [0.717, 1.165) is 27.5 Å². The van der Waals surface area contributed by atoms with Gasteiger partial charge in [0.15, 0.2) is 0 Å². The lowest BCUT2D eigenvalue weighted by molar-refractivity contribution is 0.221. The largest absolute Gasteiger partial charge is 0.384 e. The van der Waals surface area contributed by atoms with Crippen LogP contribution >= 0.6 is 22.6 Å². The fourth-order valence-electron chi connectivity index (χ4n) is 2.58. The van der Waals surface area contributed by atoms with Gasteiger partial charge in [0.2, 0.25) is 0 Å². The van der Waals surface area contributed by atoms with Gasteiger partial charge in [0.05, 0.1) is 0 Å². The van der Waals surface area contributed by atoms with Crippen LogP contribution < -0.4 is 0 Å². The molecule has 0 aliphatic heterocycles. The van der Waals surface area contributed by atoms with Gasteiger partial charge in [0.25, 0.3) is 0 Å². The average molecular weight is 374 g/mol. The van der Waals surface area contributed by atoms with Crippen molar-refractivity contribution in [3.05, 3.63) is 80.9 Å². The molecule has 0 saturated carbocycles. The third-order valence-electron chi connectivity index (χ3n) is 3.65. The summed E-state index contributed by atoms with van der Waals surface area (Å²) < 4.78 is 1.17. The molecule has 3 rings (SSSR count). The van der Waals surface area contributed by atoms with Crippen molar-refractivity contribution in [2.45, 2.75) is 13.0 Å². The Hall–Kier alpha value is -1.39. The van der Waals surface area contributed by atoms with Crippen LogP contribution in [0.5, 0.6) is 0 Å². The molecule has 3 aromatic rings. The number of aryl methyl sites for hydroxylation is 1. The summed E-state index contributed by atoms with van der Waals surface area (Å²) in [4.78, 5) is 0. The predicted molar refractivity (Wildman–Crippen MR) is 91.9 cm³/mol. The topological polar surface area (TPSA) is 20.2 Å². The van der Waals surface area contributed by atoms with Crippen LogP contribution in [0.1, 0.15) is 22.8 Å². The summed E-state index contributed by atoms with van der Waals surface area (Å²) in [5.74, 6) is 0. The molecule has 0 amide bonds. The van der Waals surface area contributed by atoms with E-state index in [0.29, 0.717) is 0 Å². The lowest BCUT2D eigenvalue weighted by Crippen LogP contribution is -2.03. The first-order chi connectivity index (χ1) is 9.66. The molecule has 0 fully saturated rings. The molecule has 0 bridgehead atoms. The molecule has 2 heteroatoms. The molecule has 1 unspecified atom stereocenters. The second-order valence-electron chi connectivity index (χ2n) is 4.97. The van der Waals surface area contributed by atoms with Gasteiger partial charge in [-0.2, -0.15) is 0 Å². The zero-order valence-corrected chi connectivity index (χ0v) is 13.3. The molecule has 0 aromatic heterocycles. The van der Waals surface area contributed by atoms with Crippen LogP contribution in [0.4, 0.5) is 0 Å². The van der Waals surface area contributed by atoms with E-state index in [1.807, 2.05) is 36.4 Å². The highest BCUT2D eigenvalue weighted by atomic mass is 127. The molecule has 20 heavy (non-hydrogen) atoms. The Morgan fingerprint density at radius 2 is 1.60 bits per heavy atom. The van der Waals surface area contributed by atoms with Crippen LogP contribution in [0.15, 0.2) is 60.7 Å². The fraction of sp³-hybridized carbons (Fsp3) is 0.111. The van der Waals surface area contributed by atoms with Crippen LogP contribution in [-0.2, 0) is 0 Å². The summed E-state index contributed by atoms with van der Waals surface area (Å²) >= 11 is 2.27. The number of rotatable bonds is 2. The van der Waals surface area contributed by atoms with Crippen molar-refractivity contribution in [3.8, 4) is 0 Å². The lowest BCUT2D eigenvalue weighted by atomic mass is 9.92. The van der Waals surface area contributed by atoms with E-state index in [9.17, 15) is 5.11 Å². The highest BCUT2D eigenvalue weighted by Crippen LogP contribution is 2.31. The Labute approximate surface area is 132 Å². The van der Waals surface area contributed by atoms with Crippen molar-refractivity contribution < 1.29 is 5.11 Å². The Bertz CT molecular complexity index is 747. The van der Waals surface area contributed by atoms with E-state index in [-0.39, 0.29) is 0 Å². The molecule has 3 aromatic carbocycles. The van der Waals surface area contributed by atoms with Crippen molar-refractivity contribution in [1.82, 2.24) is 0 Å². The molecule has 1 N–H and O–H groups in total. The molecule has 0 aliphatic carbocycles. The minimum absolute atomic E-state index is 0.585. The summed E-state index contributed by atoms with van der Waals surface area (Å²) in [7, 11) is 0. The number of fused-ring (bicyclic) bond motifs is 1. The molecule has 1 atom stereocenters. The average Bonchev–Trinajstić information content (AvgIpc) is 2.47. The summed E-state index contributed by atoms with van der Waals surface area (Å²) in [6.45, 7) is 2.05. The first-order valence-electron chi connectivity index (χ1n) is 6.58. The van der Waals surface area contributed by atoms with Crippen molar-refractivity contribution in [3.63, 3.8) is 0 Å². The molecular formula is C18H15IO. The van der Waals surface area contributed by atoms with Gasteiger partial charge >= 0.3 is 0 Å². The molecule has 0 aliphatic rings. The van der Waals surface area contributed by atoms with E-state index in [1.165, 1.54) is 3.57 Å². The van der Waals surface area contributed by atoms with Crippen LogP contribution in [-0.4, -0.2) is 5.11 Å². The Balaban J connectivity index is 2.18. The van der Waals surface area contributed by atoms with E-state index in [1.54, 1.807) is 0 Å². The van der Waals surface area contributed by atoms with Gasteiger partial charge in [-0.3, -0.25) is 0 Å². The number of aliphatic hydroxyl groups excluding tert-OH is 1. The zero-order chi connectivity index (χ0) is 14.1. The van der Waals surface area contributed by atoms with E-state index in [2.05, 4.69) is 53.8 Å². The number of hydrogen-bond donors (Lipinski definition) is 1. The van der Waals surface area contributed by atoms with E-state index < -0.39 is 6.10 Å². The minimum Gasteiger partial charge on any atom is -0.384 e. The summed E-state index contributed by atoms with van der Waals surface area (Å²) in [6, 6.07) is 20.4. The third kappa shape index (κ3) is 2.45. The monoisotopic (exact) mass is 374 g/mol. The van der Waals surface area contributed by atoms with Crippen molar-refractivity contribution in [2.75, 3.05) is 0 Å². The Morgan fingerprint density at radius 1 is 0.900 bits per heavy atom. The summed E-state index contributed by atoms with van der Waals surface area (Å²) in [6.07, 6.45) is -0.585. The molecule has 0 radical (unpaired) electrons. The number of aliphatic hydroxyl groups is 1. The summed E-state index contributed by atoms with van der Waals surface area (Å²) in [5.41, 5.74) is 3.06. The smallest absolute Gasteiger partial charge is 0.105 e. The van der Waals surface area contributed by atoms with Gasteiger partial charge in [-0.25, -0.2) is 0 Å². The predicted octanol–water partition coefficient (Wildman–Crippen LogP) is 4.83. The SMILES string of the molecule is Cc1ccc2ccccc2c1C(O)c1ccc(I)cc1. The zero-order valence-electron chi connectivity index (χ0n) is 11.2. The maximum atomic E-state index is 10.8. The van der Waals surface area contributed by atoms with Crippen LogP contribution in [0.2, 0.25) is 0 Å². The Morgan fingerprint density at radius 3 is 2.35 bits per heavy atom. The Kier molecular flexibility index (Phi) is 3.76. The van der Waals surface area contributed by atoms with Gasteiger partial charge in [-0.05, 0) is 69.1 Å². The van der Waals surface area contributed by atoms with Gasteiger partial charge < -0.3 is 5.11 Å². The summed E-state index contributed by atoms with van der Waals surface area (Å²) in [5, 5.41) is 13.0. The minimum atomic E-state index is -0.585. The van der Waals surface area contributed by atoms with E-state index in [4.69, 9.17) is 0 Å². The second-order valence-corrected chi connectivity index (χ2v) is 6.22. The maximum Gasteiger partial charge on any atom is 0.105 e. The van der Waals surface area contributed by atoms with Crippen molar-refractivity contribution >= 4 is 33.4 Å².